The van der Waals surface area contributed by atoms with Gasteiger partial charge in [-0.25, -0.2) is 5.43 Å². The summed E-state index contributed by atoms with van der Waals surface area (Å²) in [5.41, 5.74) is 3.71. The Hall–Kier alpha value is -4.99. The average molecular weight is 486 g/mol. The van der Waals surface area contributed by atoms with Gasteiger partial charge in [0.25, 0.3) is 11.6 Å². The van der Waals surface area contributed by atoms with Gasteiger partial charge in [0.1, 0.15) is 17.9 Å². The molecule has 0 spiro atoms. The van der Waals surface area contributed by atoms with E-state index in [9.17, 15) is 14.9 Å². The topological polar surface area (TPSA) is 125 Å². The summed E-state index contributed by atoms with van der Waals surface area (Å²) in [5.74, 6) is 0.415. The van der Waals surface area contributed by atoms with E-state index in [0.29, 0.717) is 11.3 Å². The molecule has 0 radical (unpaired) electrons. The monoisotopic (exact) mass is 486 g/mol. The lowest BCUT2D eigenvalue weighted by atomic mass is 10.1. The summed E-state index contributed by atoms with van der Waals surface area (Å²) in [6.07, 6.45) is 2.80. The third-order valence-electron chi connectivity index (χ3n) is 5.09. The number of aromatic nitrogens is 1. The number of hydrogen-bond acceptors (Lipinski definition) is 8. The fourth-order valence-corrected chi connectivity index (χ4v) is 3.38. The van der Waals surface area contributed by atoms with E-state index in [1.807, 2.05) is 48.5 Å². The molecule has 1 amide bonds. The minimum Gasteiger partial charge on any atom is -0.493 e. The van der Waals surface area contributed by atoms with Crippen molar-refractivity contribution in [3.05, 3.63) is 100 Å². The Morgan fingerprint density at radius 1 is 1.03 bits per heavy atom. The van der Waals surface area contributed by atoms with Gasteiger partial charge in [0.15, 0.2) is 18.1 Å². The molecule has 1 heterocycles. The number of amides is 1. The molecule has 0 atom stereocenters. The number of nitrogens with one attached hydrogen (secondary N) is 1. The van der Waals surface area contributed by atoms with Crippen LogP contribution in [0.1, 0.15) is 11.1 Å². The van der Waals surface area contributed by atoms with E-state index in [1.54, 1.807) is 18.3 Å². The van der Waals surface area contributed by atoms with Crippen LogP contribution >= 0.6 is 0 Å². The molecule has 10 heteroatoms. The average Bonchev–Trinajstić information content (AvgIpc) is 2.91. The molecular weight excluding hydrogens is 464 g/mol. The normalized spacial score (nSPS) is 10.8. The second-order valence-corrected chi connectivity index (χ2v) is 7.51. The molecule has 0 fully saturated rings. The molecule has 10 nitrogen and oxygen atoms in total. The molecule has 0 unspecified atom stereocenters. The Balaban J connectivity index is 1.42. The van der Waals surface area contributed by atoms with Crippen LogP contribution < -0.4 is 19.6 Å². The lowest BCUT2D eigenvalue weighted by Gasteiger charge is -2.12. The van der Waals surface area contributed by atoms with Crippen molar-refractivity contribution in [1.29, 1.82) is 0 Å². The van der Waals surface area contributed by atoms with Crippen LogP contribution in [0.25, 0.3) is 10.9 Å². The van der Waals surface area contributed by atoms with E-state index in [2.05, 4.69) is 15.5 Å². The van der Waals surface area contributed by atoms with Crippen LogP contribution in [-0.4, -0.2) is 35.7 Å². The summed E-state index contributed by atoms with van der Waals surface area (Å²) in [6.45, 7) is -0.102. The number of carbonyl (C=O) groups is 1. The van der Waals surface area contributed by atoms with Gasteiger partial charge in [-0.05, 0) is 23.8 Å². The number of ether oxygens (including phenoxy) is 3. The van der Waals surface area contributed by atoms with Crippen molar-refractivity contribution in [3.8, 4) is 17.2 Å². The van der Waals surface area contributed by atoms with Crippen LogP contribution in [0, 0.1) is 10.1 Å². The molecule has 1 N–H and O–H groups in total. The first kappa shape index (κ1) is 24.1. The van der Waals surface area contributed by atoms with Crippen LogP contribution in [0.4, 0.5) is 5.69 Å². The second kappa shape index (κ2) is 11.4. The van der Waals surface area contributed by atoms with Crippen LogP contribution in [0.2, 0.25) is 0 Å². The summed E-state index contributed by atoms with van der Waals surface area (Å²) in [7, 11) is 1.43. The summed E-state index contributed by atoms with van der Waals surface area (Å²) in [4.78, 5) is 27.6. The van der Waals surface area contributed by atoms with Crippen molar-refractivity contribution in [2.45, 2.75) is 6.61 Å². The molecule has 3 aromatic carbocycles. The van der Waals surface area contributed by atoms with Gasteiger partial charge in [0.05, 0.1) is 29.9 Å². The molecule has 0 saturated carbocycles. The first-order chi connectivity index (χ1) is 17.5. The predicted octanol–water partition coefficient (Wildman–Crippen LogP) is 4.26. The van der Waals surface area contributed by atoms with Gasteiger partial charge in [-0.1, -0.05) is 48.5 Å². The van der Waals surface area contributed by atoms with Crippen LogP contribution in [0.3, 0.4) is 0 Å². The molecule has 4 rings (SSSR count). The zero-order valence-corrected chi connectivity index (χ0v) is 19.3. The van der Waals surface area contributed by atoms with Gasteiger partial charge in [-0.2, -0.15) is 5.10 Å². The quantitative estimate of drug-likeness (QED) is 0.202. The Morgan fingerprint density at radius 2 is 1.83 bits per heavy atom. The second-order valence-electron chi connectivity index (χ2n) is 7.51. The van der Waals surface area contributed by atoms with Crippen LogP contribution in [0.15, 0.2) is 84.1 Å². The molecule has 36 heavy (non-hydrogen) atoms. The zero-order valence-electron chi connectivity index (χ0n) is 19.3. The fraction of sp³-hybridized carbons (Fsp3) is 0.115. The molecule has 0 aliphatic heterocycles. The number of methoxy groups -OCH3 is 1. The lowest BCUT2D eigenvalue weighted by molar-refractivity contribution is -0.385. The highest BCUT2D eigenvalue weighted by molar-refractivity contribution is 5.88. The number of hydrogen-bond donors (Lipinski definition) is 1. The summed E-state index contributed by atoms with van der Waals surface area (Å²) in [6, 6.07) is 21.2. The molecular formula is C26H22N4O6. The molecule has 0 bridgehead atoms. The Bertz CT molecular complexity index is 1400. The van der Waals surface area contributed by atoms with Crippen molar-refractivity contribution in [1.82, 2.24) is 10.4 Å². The molecule has 0 aliphatic carbocycles. The SMILES string of the molecule is COc1cc(/C=N/NC(=O)COc2cccc3cccnc23)c([N+](=O)[O-])cc1OCc1ccccc1. The molecule has 1 aromatic heterocycles. The predicted molar refractivity (Wildman–Crippen MR) is 133 cm³/mol. The van der Waals surface area contributed by atoms with Crippen molar-refractivity contribution in [2.75, 3.05) is 13.7 Å². The van der Waals surface area contributed by atoms with E-state index >= 15 is 0 Å². The van der Waals surface area contributed by atoms with E-state index in [0.717, 1.165) is 10.9 Å². The highest BCUT2D eigenvalue weighted by atomic mass is 16.6. The maximum absolute atomic E-state index is 12.2. The minimum atomic E-state index is -0.561. The molecule has 0 saturated heterocycles. The van der Waals surface area contributed by atoms with Crippen molar-refractivity contribution >= 4 is 28.7 Å². The third kappa shape index (κ3) is 5.92. The number of nitro groups is 1. The van der Waals surface area contributed by atoms with Gasteiger partial charge >= 0.3 is 0 Å². The van der Waals surface area contributed by atoms with Gasteiger partial charge in [0, 0.05) is 11.6 Å². The van der Waals surface area contributed by atoms with Crippen molar-refractivity contribution < 1.29 is 23.9 Å². The van der Waals surface area contributed by atoms with Gasteiger partial charge < -0.3 is 14.2 Å². The summed E-state index contributed by atoms with van der Waals surface area (Å²) >= 11 is 0. The molecule has 0 aliphatic rings. The number of nitrogens with zero attached hydrogens (tertiary/aromatic N) is 3. The standard InChI is InChI=1S/C26H22N4O6/c1-34-23-13-20(21(30(32)33)14-24(23)35-16-18-7-3-2-4-8-18)15-28-29-25(31)17-36-22-11-5-9-19-10-6-12-27-26(19)22/h2-15H,16-17H2,1H3,(H,29,31)/b28-15+. The third-order valence-corrected chi connectivity index (χ3v) is 5.09. The lowest BCUT2D eigenvalue weighted by Crippen LogP contribution is -2.24. The van der Waals surface area contributed by atoms with Gasteiger partial charge in [-0.3, -0.25) is 19.9 Å². The van der Waals surface area contributed by atoms with Crippen LogP contribution in [0.5, 0.6) is 17.2 Å². The number of para-hydroxylation sites is 1. The molecule has 4 aromatic rings. The number of rotatable bonds is 10. The largest absolute Gasteiger partial charge is 0.493 e. The van der Waals surface area contributed by atoms with E-state index in [4.69, 9.17) is 14.2 Å². The molecule has 182 valence electrons. The maximum atomic E-state index is 12.2. The number of carbonyl (C=O) groups excluding carboxylic acids is 1. The highest BCUT2D eigenvalue weighted by Gasteiger charge is 2.19. The zero-order chi connectivity index (χ0) is 25.3. The number of fused-ring (bicyclic) bond motifs is 1. The Kier molecular flexibility index (Phi) is 7.66. The maximum Gasteiger partial charge on any atom is 0.282 e. The van der Waals surface area contributed by atoms with E-state index < -0.39 is 10.8 Å². The van der Waals surface area contributed by atoms with E-state index in [-0.39, 0.29) is 36.0 Å². The Labute approximate surface area is 206 Å². The fourth-order valence-electron chi connectivity index (χ4n) is 3.38. The van der Waals surface area contributed by atoms with Crippen molar-refractivity contribution in [2.24, 2.45) is 5.10 Å². The van der Waals surface area contributed by atoms with Gasteiger partial charge in [0.2, 0.25) is 0 Å². The number of nitro benzene ring substituents is 1. The summed E-state index contributed by atoms with van der Waals surface area (Å²) in [5, 5.41) is 16.4. The number of benzene rings is 3. The summed E-state index contributed by atoms with van der Waals surface area (Å²) < 4.78 is 16.6. The van der Waals surface area contributed by atoms with Gasteiger partial charge in [-0.15, -0.1) is 0 Å². The number of hydrazone groups is 1. The van der Waals surface area contributed by atoms with Crippen LogP contribution in [-0.2, 0) is 11.4 Å². The smallest absolute Gasteiger partial charge is 0.282 e. The first-order valence-electron chi connectivity index (χ1n) is 10.9. The Morgan fingerprint density at radius 3 is 2.61 bits per heavy atom. The minimum absolute atomic E-state index is 0.128. The highest BCUT2D eigenvalue weighted by Crippen LogP contribution is 2.34. The van der Waals surface area contributed by atoms with Crippen molar-refractivity contribution in [3.63, 3.8) is 0 Å². The number of pyridine rings is 1. The first-order valence-corrected chi connectivity index (χ1v) is 10.9. The van der Waals surface area contributed by atoms with E-state index in [1.165, 1.54) is 25.5 Å².